The average molecular weight is 588 g/mol. The molecule has 4 aliphatic rings. The highest BCUT2D eigenvalue weighted by Crippen LogP contribution is 2.39. The lowest BCUT2D eigenvalue weighted by Crippen LogP contribution is -2.61. The number of benzene rings is 1. The Morgan fingerprint density at radius 1 is 1.15 bits per heavy atom. The Labute approximate surface area is 231 Å². The molecule has 3 aliphatic heterocycles. The van der Waals surface area contributed by atoms with Gasteiger partial charge in [0.05, 0.1) is 36.3 Å². The van der Waals surface area contributed by atoms with Gasteiger partial charge in [-0.1, -0.05) is 36.5 Å². The van der Waals surface area contributed by atoms with E-state index in [2.05, 4.69) is 4.90 Å². The monoisotopic (exact) mass is 587 g/mol. The second-order valence-corrected chi connectivity index (χ2v) is 13.1. The summed E-state index contributed by atoms with van der Waals surface area (Å²) in [4.78, 5) is 4.64. The molecule has 5 rings (SSSR count). The second kappa shape index (κ2) is 10.5. The number of halogens is 3. The molecule has 3 fully saturated rings. The maximum absolute atomic E-state index is 13.6. The lowest BCUT2D eigenvalue weighted by atomic mass is 9.95. The largest absolute Gasteiger partial charge is 0.421 e. The maximum Gasteiger partial charge on any atom is 0.421 e. The normalized spacial score (nSPS) is 30.4. The van der Waals surface area contributed by atoms with Crippen LogP contribution in [0.2, 0.25) is 0 Å². The summed E-state index contributed by atoms with van der Waals surface area (Å²) >= 11 is 5.34. The molecule has 8 nitrogen and oxygen atoms in total. The smallest absolute Gasteiger partial charge is 0.391 e. The Hall–Kier alpha value is -1.87. The first-order valence-electron chi connectivity index (χ1n) is 12.9. The fraction of sp³-hybridized carbons (Fsp3) is 0.577. The first kappa shape index (κ1) is 28.7. The summed E-state index contributed by atoms with van der Waals surface area (Å²) in [6.07, 6.45) is 0.571. The summed E-state index contributed by atoms with van der Waals surface area (Å²) in [5.74, 6) is 0. The number of anilines is 1. The van der Waals surface area contributed by atoms with E-state index in [1.54, 1.807) is 12.2 Å². The molecule has 3 saturated heterocycles. The van der Waals surface area contributed by atoms with E-state index >= 15 is 0 Å². The molecule has 0 amide bonds. The Morgan fingerprint density at radius 2 is 1.87 bits per heavy atom. The van der Waals surface area contributed by atoms with Crippen LogP contribution in [0.4, 0.5) is 18.9 Å². The summed E-state index contributed by atoms with van der Waals surface area (Å²) < 4.78 is 74.3. The van der Waals surface area contributed by atoms with E-state index < -0.39 is 27.9 Å². The van der Waals surface area contributed by atoms with Crippen LogP contribution in [0.5, 0.6) is 0 Å². The van der Waals surface area contributed by atoms with Crippen LogP contribution in [-0.2, 0) is 20.4 Å². The minimum atomic E-state index is -4.84. The van der Waals surface area contributed by atoms with Crippen LogP contribution in [0, 0.1) is 0 Å². The van der Waals surface area contributed by atoms with Gasteiger partial charge < -0.3 is 19.8 Å². The van der Waals surface area contributed by atoms with Crippen molar-refractivity contribution in [3.05, 3.63) is 53.0 Å². The molecule has 1 aromatic rings. The number of aliphatic hydroxyl groups excluding tert-OH is 1. The van der Waals surface area contributed by atoms with Crippen LogP contribution in [-0.4, -0.2) is 102 Å². The molecule has 214 valence electrons. The molecular weight excluding hydrogens is 555 g/mol. The van der Waals surface area contributed by atoms with Gasteiger partial charge in [-0.25, -0.2) is 8.42 Å². The van der Waals surface area contributed by atoms with E-state index in [4.69, 9.17) is 17.0 Å². The summed E-state index contributed by atoms with van der Waals surface area (Å²) in [5, 5.41) is 20.6. The van der Waals surface area contributed by atoms with E-state index in [0.717, 1.165) is 0 Å². The number of aliphatic hydroxyl groups is 2. The molecule has 13 heteroatoms. The lowest BCUT2D eigenvalue weighted by molar-refractivity contribution is -0.258. The fourth-order valence-electron chi connectivity index (χ4n) is 5.86. The van der Waals surface area contributed by atoms with Gasteiger partial charge in [-0.2, -0.15) is 17.5 Å². The van der Waals surface area contributed by atoms with Gasteiger partial charge in [0, 0.05) is 49.2 Å². The van der Waals surface area contributed by atoms with Gasteiger partial charge in [-0.15, -0.1) is 0 Å². The molecule has 0 aromatic heterocycles. The van der Waals surface area contributed by atoms with Crippen molar-refractivity contribution in [2.24, 2.45) is 0 Å². The van der Waals surface area contributed by atoms with Crippen molar-refractivity contribution >= 4 is 32.8 Å². The van der Waals surface area contributed by atoms with Crippen LogP contribution in [0.1, 0.15) is 25.3 Å². The molecule has 2 N–H and O–H groups in total. The third-order valence-electron chi connectivity index (χ3n) is 8.21. The number of hydrogen-bond donors (Lipinski definition) is 2. The van der Waals surface area contributed by atoms with Crippen LogP contribution >= 0.6 is 12.2 Å². The summed E-state index contributed by atoms with van der Waals surface area (Å²) in [6, 6.07) is 4.99. The Balaban J connectivity index is 1.43. The molecule has 0 saturated carbocycles. The van der Waals surface area contributed by atoms with Gasteiger partial charge in [0.15, 0.2) is 5.60 Å². The minimum Gasteiger partial charge on any atom is -0.391 e. The van der Waals surface area contributed by atoms with Gasteiger partial charge in [0.2, 0.25) is 10.0 Å². The molecule has 1 aromatic carbocycles. The summed E-state index contributed by atoms with van der Waals surface area (Å²) in [7, 11) is -3.85. The Kier molecular flexibility index (Phi) is 7.72. The van der Waals surface area contributed by atoms with Gasteiger partial charge in [-0.3, -0.25) is 4.90 Å². The Bertz CT molecular complexity index is 1270. The fourth-order valence-corrected chi connectivity index (χ4v) is 7.93. The Morgan fingerprint density at radius 3 is 2.51 bits per heavy atom. The van der Waals surface area contributed by atoms with Gasteiger partial charge in [-0.05, 0) is 37.1 Å². The van der Waals surface area contributed by atoms with Crippen molar-refractivity contribution in [3.8, 4) is 0 Å². The van der Waals surface area contributed by atoms with Crippen LogP contribution in [0.15, 0.2) is 47.4 Å². The zero-order valence-corrected chi connectivity index (χ0v) is 23.1. The second-order valence-electron chi connectivity index (χ2n) is 10.7. The molecule has 0 unspecified atom stereocenters. The quantitative estimate of drug-likeness (QED) is 0.490. The zero-order valence-electron chi connectivity index (χ0n) is 21.4. The molecule has 1 aliphatic carbocycles. The number of thiocarbonyl (C=S) groups is 1. The maximum atomic E-state index is 13.6. The first-order valence-corrected chi connectivity index (χ1v) is 14.7. The van der Waals surface area contributed by atoms with E-state index in [0.29, 0.717) is 56.6 Å². The number of alkyl halides is 3. The van der Waals surface area contributed by atoms with Crippen molar-refractivity contribution in [1.82, 2.24) is 9.21 Å². The lowest BCUT2D eigenvalue weighted by Gasteiger charge is -2.46. The van der Waals surface area contributed by atoms with Gasteiger partial charge in [0.25, 0.3) is 0 Å². The first-order chi connectivity index (χ1) is 18.3. The van der Waals surface area contributed by atoms with Crippen LogP contribution < -0.4 is 4.90 Å². The number of morpholine rings is 1. The molecule has 2 bridgehead atoms. The molecule has 0 radical (unpaired) electrons. The number of allylic oxidation sites excluding steroid dienone is 4. The molecule has 5 atom stereocenters. The number of hydrogen-bond acceptors (Lipinski definition) is 8. The SMILES string of the molecule is C[C@@](O)(c1ccc(N2CCN(S(=O)(=O)C3=CC=CCC3=S)C[C@@H]2CN2[C@H]3COC[C@@H]2[C@H](O)C3)cc1)C(F)(F)F. The number of ether oxygens (including phenoxy) is 1. The highest BCUT2D eigenvalue weighted by molar-refractivity contribution is 7.96. The van der Waals surface area contributed by atoms with E-state index in [1.165, 1.54) is 34.6 Å². The predicted octanol–water partition coefficient (Wildman–Crippen LogP) is 2.32. The minimum absolute atomic E-state index is 0.00407. The van der Waals surface area contributed by atoms with Gasteiger partial charge in [0.1, 0.15) is 0 Å². The predicted molar refractivity (Wildman–Crippen MR) is 144 cm³/mol. The average Bonchev–Trinajstić information content (AvgIpc) is 3.04. The van der Waals surface area contributed by atoms with Crippen molar-refractivity contribution in [3.63, 3.8) is 0 Å². The van der Waals surface area contributed by atoms with Crippen molar-refractivity contribution in [2.45, 2.75) is 55.8 Å². The van der Waals surface area contributed by atoms with Crippen LogP contribution in [0.25, 0.3) is 0 Å². The third kappa shape index (κ3) is 5.30. The van der Waals surface area contributed by atoms with Gasteiger partial charge >= 0.3 is 6.18 Å². The van der Waals surface area contributed by atoms with E-state index in [-0.39, 0.29) is 41.7 Å². The van der Waals surface area contributed by atoms with Crippen molar-refractivity contribution < 1.29 is 36.5 Å². The number of piperazine rings is 1. The number of rotatable bonds is 6. The number of nitrogens with zero attached hydrogens (tertiary/aromatic N) is 3. The third-order valence-corrected chi connectivity index (χ3v) is 10.7. The molecule has 39 heavy (non-hydrogen) atoms. The number of fused-ring (bicyclic) bond motifs is 2. The standard InChI is InChI=1S/C26H32F3N3O5S2/c1-25(34,26(27,28)29)17-6-8-18(9-7-17)31-11-10-30(39(35,36)24-5-3-2-4-23(24)38)13-20(31)14-32-19-12-22(33)21(32)16-37-15-19/h2-3,5-9,19-22,33-34H,4,10-16H2,1H3/t19-,20-,21-,22-,25-/m1/s1. The summed E-state index contributed by atoms with van der Waals surface area (Å²) in [5.41, 5.74) is -2.66. The van der Waals surface area contributed by atoms with Crippen LogP contribution in [0.3, 0.4) is 0 Å². The van der Waals surface area contributed by atoms with E-state index in [1.807, 2.05) is 4.90 Å². The molecule has 0 spiro atoms. The summed E-state index contributed by atoms with van der Waals surface area (Å²) in [6.45, 7) is 2.61. The molecular formula is C26H32F3N3O5S2. The highest BCUT2D eigenvalue weighted by atomic mass is 32.2. The highest BCUT2D eigenvalue weighted by Gasteiger charge is 2.51. The van der Waals surface area contributed by atoms with Crippen molar-refractivity contribution in [2.75, 3.05) is 44.3 Å². The zero-order chi connectivity index (χ0) is 28.2. The van der Waals surface area contributed by atoms with E-state index in [9.17, 15) is 31.8 Å². The number of sulfonamides is 1. The van der Waals surface area contributed by atoms with Crippen molar-refractivity contribution in [1.29, 1.82) is 0 Å². The molecule has 3 heterocycles. The topological polar surface area (TPSA) is 93.6 Å².